The van der Waals surface area contributed by atoms with Gasteiger partial charge in [-0.3, -0.25) is 4.79 Å². The van der Waals surface area contributed by atoms with Crippen LogP contribution in [0.1, 0.15) is 54.6 Å². The Bertz CT molecular complexity index is 811. The van der Waals surface area contributed by atoms with Crippen LogP contribution in [0.25, 0.3) is 0 Å². The van der Waals surface area contributed by atoms with E-state index in [1.807, 2.05) is 32.0 Å². The Morgan fingerprint density at radius 1 is 1.08 bits per heavy atom. The molecule has 0 fully saturated rings. The van der Waals surface area contributed by atoms with Gasteiger partial charge in [-0.2, -0.15) is 13.2 Å². The SMILES string of the molecule is CC1CC(C)(C)N(C(=O)c2ccccc2C(F)(F)F)c2ccccc21. The first-order valence-electron chi connectivity index (χ1n) is 8.22. The van der Waals surface area contributed by atoms with Crippen molar-refractivity contribution in [3.63, 3.8) is 0 Å². The molecule has 0 radical (unpaired) electrons. The second-order valence-corrected chi connectivity index (χ2v) is 7.16. The molecule has 1 unspecified atom stereocenters. The number of hydrogen-bond donors (Lipinski definition) is 0. The Hall–Kier alpha value is -2.30. The predicted molar refractivity (Wildman–Crippen MR) is 91.8 cm³/mol. The largest absolute Gasteiger partial charge is 0.417 e. The highest BCUT2D eigenvalue weighted by atomic mass is 19.4. The number of hydrogen-bond acceptors (Lipinski definition) is 1. The molecule has 0 bridgehead atoms. The maximum absolute atomic E-state index is 13.4. The molecule has 0 saturated carbocycles. The highest BCUT2D eigenvalue weighted by Crippen LogP contribution is 2.44. The zero-order valence-electron chi connectivity index (χ0n) is 14.4. The lowest BCUT2D eigenvalue weighted by Crippen LogP contribution is -2.52. The van der Waals surface area contributed by atoms with E-state index in [1.165, 1.54) is 23.1 Å². The van der Waals surface area contributed by atoms with Gasteiger partial charge in [0, 0.05) is 11.2 Å². The van der Waals surface area contributed by atoms with Gasteiger partial charge in [0.1, 0.15) is 0 Å². The Balaban J connectivity index is 2.16. The number of benzene rings is 2. The second kappa shape index (κ2) is 5.90. The van der Waals surface area contributed by atoms with E-state index >= 15 is 0 Å². The molecule has 25 heavy (non-hydrogen) atoms. The Morgan fingerprint density at radius 3 is 2.36 bits per heavy atom. The van der Waals surface area contributed by atoms with Crippen molar-refractivity contribution in [2.75, 3.05) is 4.90 Å². The summed E-state index contributed by atoms with van der Waals surface area (Å²) in [5.41, 5.74) is -0.115. The van der Waals surface area contributed by atoms with Crippen LogP contribution in [0.2, 0.25) is 0 Å². The zero-order chi connectivity index (χ0) is 18.4. The molecule has 1 aliphatic heterocycles. The van der Waals surface area contributed by atoms with Gasteiger partial charge in [-0.25, -0.2) is 0 Å². The molecular weight excluding hydrogens is 327 g/mol. The summed E-state index contributed by atoms with van der Waals surface area (Å²) in [6.07, 6.45) is -3.89. The van der Waals surface area contributed by atoms with Crippen LogP contribution in [0.4, 0.5) is 18.9 Å². The van der Waals surface area contributed by atoms with Crippen molar-refractivity contribution in [1.29, 1.82) is 0 Å². The summed E-state index contributed by atoms with van der Waals surface area (Å²) >= 11 is 0. The predicted octanol–water partition coefficient (Wildman–Crippen LogP) is 5.64. The van der Waals surface area contributed by atoms with Gasteiger partial charge in [0.2, 0.25) is 0 Å². The van der Waals surface area contributed by atoms with Crippen molar-refractivity contribution in [2.45, 2.75) is 44.8 Å². The van der Waals surface area contributed by atoms with Crippen LogP contribution in [-0.4, -0.2) is 11.4 Å². The van der Waals surface area contributed by atoms with Crippen molar-refractivity contribution in [3.8, 4) is 0 Å². The second-order valence-electron chi connectivity index (χ2n) is 7.16. The lowest BCUT2D eigenvalue weighted by atomic mass is 9.79. The van der Waals surface area contributed by atoms with Gasteiger partial charge in [0.15, 0.2) is 0 Å². The zero-order valence-corrected chi connectivity index (χ0v) is 14.4. The van der Waals surface area contributed by atoms with E-state index in [0.29, 0.717) is 12.1 Å². The Labute approximate surface area is 145 Å². The molecular formula is C20H20F3NO. The number of alkyl halides is 3. The van der Waals surface area contributed by atoms with E-state index in [0.717, 1.165) is 11.6 Å². The first kappa shape index (κ1) is 17.5. The number of nitrogens with zero attached hydrogens (tertiary/aromatic N) is 1. The Morgan fingerprint density at radius 2 is 1.68 bits per heavy atom. The number of anilines is 1. The van der Waals surface area contributed by atoms with Crippen LogP contribution in [0.3, 0.4) is 0 Å². The lowest BCUT2D eigenvalue weighted by Gasteiger charge is -2.46. The highest BCUT2D eigenvalue weighted by Gasteiger charge is 2.43. The molecule has 2 nitrogen and oxygen atoms in total. The van der Waals surface area contributed by atoms with Crippen molar-refractivity contribution in [3.05, 3.63) is 65.2 Å². The Kier molecular flexibility index (Phi) is 4.13. The van der Waals surface area contributed by atoms with Gasteiger partial charge < -0.3 is 4.90 Å². The summed E-state index contributed by atoms with van der Waals surface area (Å²) < 4.78 is 40.1. The van der Waals surface area contributed by atoms with E-state index in [9.17, 15) is 18.0 Å². The number of carbonyl (C=O) groups excluding carboxylic acids is 1. The fourth-order valence-electron chi connectivity index (χ4n) is 3.81. The highest BCUT2D eigenvalue weighted by molar-refractivity contribution is 6.08. The van der Waals surface area contributed by atoms with Crippen LogP contribution in [-0.2, 0) is 6.18 Å². The van der Waals surface area contributed by atoms with E-state index in [-0.39, 0.29) is 11.5 Å². The molecule has 1 heterocycles. The van der Waals surface area contributed by atoms with Crippen molar-refractivity contribution in [1.82, 2.24) is 0 Å². The molecule has 1 aliphatic rings. The minimum Gasteiger partial charge on any atom is -0.303 e. The van der Waals surface area contributed by atoms with Gasteiger partial charge in [-0.1, -0.05) is 37.3 Å². The molecule has 2 aromatic carbocycles. The summed E-state index contributed by atoms with van der Waals surface area (Å²) in [5.74, 6) is -0.384. The third-order valence-corrected chi connectivity index (χ3v) is 4.79. The average molecular weight is 347 g/mol. The minimum atomic E-state index is -4.57. The molecule has 0 aromatic heterocycles. The fraction of sp³-hybridized carbons (Fsp3) is 0.350. The van der Waals surface area contributed by atoms with Gasteiger partial charge in [-0.05, 0) is 49.9 Å². The number of carbonyl (C=O) groups is 1. The van der Waals surface area contributed by atoms with E-state index in [2.05, 4.69) is 6.92 Å². The summed E-state index contributed by atoms with van der Waals surface area (Å²) in [5, 5.41) is 0. The fourth-order valence-corrected chi connectivity index (χ4v) is 3.81. The molecule has 2 aromatic rings. The summed E-state index contributed by atoms with van der Waals surface area (Å²) in [6, 6.07) is 12.4. The van der Waals surface area contributed by atoms with E-state index in [4.69, 9.17) is 0 Å². The molecule has 0 spiro atoms. The smallest absolute Gasteiger partial charge is 0.303 e. The normalized spacial score (nSPS) is 19.4. The van der Waals surface area contributed by atoms with Crippen molar-refractivity contribution < 1.29 is 18.0 Å². The van der Waals surface area contributed by atoms with Crippen LogP contribution in [0.5, 0.6) is 0 Å². The van der Waals surface area contributed by atoms with Crippen LogP contribution in [0, 0.1) is 0 Å². The van der Waals surface area contributed by atoms with Gasteiger partial charge in [0.05, 0.1) is 11.1 Å². The average Bonchev–Trinajstić information content (AvgIpc) is 2.53. The minimum absolute atomic E-state index is 0.230. The third kappa shape index (κ3) is 3.03. The van der Waals surface area contributed by atoms with Crippen LogP contribution < -0.4 is 4.90 Å². The van der Waals surface area contributed by atoms with E-state index in [1.54, 1.807) is 6.07 Å². The first-order chi connectivity index (χ1) is 11.6. The molecule has 1 atom stereocenters. The van der Waals surface area contributed by atoms with Crippen molar-refractivity contribution >= 4 is 11.6 Å². The van der Waals surface area contributed by atoms with Gasteiger partial charge in [0.25, 0.3) is 5.91 Å². The number of fused-ring (bicyclic) bond motifs is 1. The first-order valence-corrected chi connectivity index (χ1v) is 8.22. The molecule has 132 valence electrons. The third-order valence-electron chi connectivity index (χ3n) is 4.79. The van der Waals surface area contributed by atoms with Crippen LogP contribution >= 0.6 is 0 Å². The molecule has 5 heteroatoms. The quantitative estimate of drug-likeness (QED) is 0.654. The molecule has 3 rings (SSSR count). The number of rotatable bonds is 1. The molecule has 0 saturated heterocycles. The monoisotopic (exact) mass is 347 g/mol. The summed E-state index contributed by atoms with van der Waals surface area (Å²) in [7, 11) is 0. The maximum atomic E-state index is 13.4. The molecule has 0 aliphatic carbocycles. The van der Waals surface area contributed by atoms with Crippen molar-refractivity contribution in [2.24, 2.45) is 0 Å². The maximum Gasteiger partial charge on any atom is 0.417 e. The summed E-state index contributed by atoms with van der Waals surface area (Å²) in [6.45, 7) is 5.87. The topological polar surface area (TPSA) is 20.3 Å². The number of amides is 1. The van der Waals surface area contributed by atoms with Crippen LogP contribution in [0.15, 0.2) is 48.5 Å². The molecule has 0 N–H and O–H groups in total. The van der Waals surface area contributed by atoms with Gasteiger partial charge >= 0.3 is 6.18 Å². The number of para-hydroxylation sites is 1. The number of halogens is 3. The standard InChI is InChI=1S/C20H20F3NO/c1-13-12-19(2,3)24(17-11-7-5-8-14(13)17)18(25)15-9-4-6-10-16(15)20(21,22)23/h4-11,13H,12H2,1-3H3. The van der Waals surface area contributed by atoms with Gasteiger partial charge in [-0.15, -0.1) is 0 Å². The lowest BCUT2D eigenvalue weighted by molar-refractivity contribution is -0.137. The van der Waals surface area contributed by atoms with E-state index < -0.39 is 23.2 Å². The summed E-state index contributed by atoms with van der Waals surface area (Å²) in [4.78, 5) is 14.7. The molecule has 1 amide bonds.